The lowest BCUT2D eigenvalue weighted by Crippen LogP contribution is -2.17. The van der Waals surface area contributed by atoms with E-state index in [-0.39, 0.29) is 5.91 Å². The summed E-state index contributed by atoms with van der Waals surface area (Å²) in [5.74, 6) is 0.439. The predicted octanol–water partition coefficient (Wildman–Crippen LogP) is 6.25. The Bertz CT molecular complexity index is 1360. The second-order valence-corrected chi connectivity index (χ2v) is 8.94. The van der Waals surface area contributed by atoms with Gasteiger partial charge in [0, 0.05) is 42.5 Å². The van der Waals surface area contributed by atoms with Gasteiger partial charge in [-0.05, 0) is 60.5 Å². The van der Waals surface area contributed by atoms with E-state index in [0.29, 0.717) is 21.1 Å². The maximum atomic E-state index is 12.7. The lowest BCUT2D eigenvalue weighted by Gasteiger charge is -2.11. The van der Waals surface area contributed by atoms with Gasteiger partial charge in [0.05, 0.1) is 22.3 Å². The van der Waals surface area contributed by atoms with Crippen molar-refractivity contribution in [3.05, 3.63) is 81.8 Å². The number of hydrogen-bond donors (Lipinski definition) is 1. The average Bonchev–Trinajstić information content (AvgIpc) is 3.17. The van der Waals surface area contributed by atoms with Crippen molar-refractivity contribution in [3.63, 3.8) is 0 Å². The van der Waals surface area contributed by atoms with E-state index < -0.39 is 0 Å². The van der Waals surface area contributed by atoms with Crippen molar-refractivity contribution < 1.29 is 4.79 Å². The molecule has 0 saturated carbocycles. The molecule has 1 aromatic heterocycles. The van der Waals surface area contributed by atoms with Gasteiger partial charge in [0.15, 0.2) is 0 Å². The number of carbonyl (C=O) groups is 1. The summed E-state index contributed by atoms with van der Waals surface area (Å²) in [6.45, 7) is 2.88. The zero-order valence-corrected chi connectivity index (χ0v) is 20.7. The Balaban J connectivity index is 1.58. The quantitative estimate of drug-likeness (QED) is 0.244. The van der Waals surface area contributed by atoms with Crippen LogP contribution in [0, 0.1) is 0 Å². The zero-order chi connectivity index (χ0) is 24.2. The Morgan fingerprint density at radius 2 is 1.85 bits per heavy atom. The fourth-order valence-electron chi connectivity index (χ4n) is 3.69. The average molecular weight is 494 g/mol. The number of nitrogens with one attached hydrogen (secondary N) is 1. The highest BCUT2D eigenvalue weighted by Crippen LogP contribution is 2.32. The van der Waals surface area contributed by atoms with Gasteiger partial charge in [0.2, 0.25) is 0 Å². The van der Waals surface area contributed by atoms with Crippen molar-refractivity contribution in [1.82, 2.24) is 15.0 Å². The second-order valence-electron chi connectivity index (χ2n) is 8.10. The molecule has 3 aromatic carbocycles. The molecule has 0 aliphatic carbocycles. The van der Waals surface area contributed by atoms with E-state index in [9.17, 15) is 4.79 Å². The monoisotopic (exact) mass is 493 g/mol. The first-order chi connectivity index (χ1) is 16.4. The van der Waals surface area contributed by atoms with Gasteiger partial charge in [-0.25, -0.2) is 10.4 Å². The van der Waals surface area contributed by atoms with E-state index in [1.165, 1.54) is 0 Å². The van der Waals surface area contributed by atoms with Gasteiger partial charge >= 0.3 is 0 Å². The number of amides is 1. The van der Waals surface area contributed by atoms with E-state index in [4.69, 9.17) is 28.2 Å². The Labute approximate surface area is 208 Å². The first-order valence-corrected chi connectivity index (χ1v) is 11.7. The number of hydrogen-bond acceptors (Lipinski definition) is 4. The molecule has 1 heterocycles. The Kier molecular flexibility index (Phi) is 7.20. The molecule has 0 fully saturated rings. The van der Waals surface area contributed by atoms with E-state index >= 15 is 0 Å². The number of nitrogens with zero attached hydrogens (tertiary/aromatic N) is 4. The minimum Gasteiger partial charge on any atom is -0.378 e. The van der Waals surface area contributed by atoms with Gasteiger partial charge in [0.25, 0.3) is 5.91 Å². The van der Waals surface area contributed by atoms with Crippen molar-refractivity contribution >= 4 is 52.0 Å². The van der Waals surface area contributed by atoms with Crippen molar-refractivity contribution in [1.29, 1.82) is 0 Å². The summed E-state index contributed by atoms with van der Waals surface area (Å²) < 4.78 is 2.11. The van der Waals surface area contributed by atoms with E-state index in [1.807, 2.05) is 55.4 Å². The number of rotatable bonds is 7. The normalized spacial score (nSPS) is 11.3. The Morgan fingerprint density at radius 1 is 1.09 bits per heavy atom. The summed E-state index contributed by atoms with van der Waals surface area (Å²) in [6.07, 6.45) is 2.54. The van der Waals surface area contributed by atoms with Crippen molar-refractivity contribution in [3.8, 4) is 11.4 Å². The lowest BCUT2D eigenvalue weighted by molar-refractivity contribution is 0.0955. The van der Waals surface area contributed by atoms with E-state index in [2.05, 4.69) is 22.0 Å². The summed E-state index contributed by atoms with van der Waals surface area (Å²) >= 11 is 12.5. The number of hydrazone groups is 1. The van der Waals surface area contributed by atoms with Gasteiger partial charge in [0.1, 0.15) is 5.82 Å². The van der Waals surface area contributed by atoms with Crippen molar-refractivity contribution in [2.24, 2.45) is 5.10 Å². The minimum absolute atomic E-state index is 0.306. The summed E-state index contributed by atoms with van der Waals surface area (Å²) in [7, 11) is 3.97. The molecule has 6 nitrogen and oxygen atoms in total. The molecular weight excluding hydrogens is 469 g/mol. The summed E-state index contributed by atoms with van der Waals surface area (Å²) in [6, 6.07) is 18.7. The first kappa shape index (κ1) is 23.8. The van der Waals surface area contributed by atoms with Crippen LogP contribution in [0.5, 0.6) is 0 Å². The number of aromatic nitrogens is 2. The van der Waals surface area contributed by atoms with Crippen LogP contribution in [0.2, 0.25) is 10.0 Å². The van der Waals surface area contributed by atoms with Crippen LogP contribution in [-0.4, -0.2) is 35.8 Å². The van der Waals surface area contributed by atoms with Crippen molar-refractivity contribution in [2.75, 3.05) is 19.0 Å². The van der Waals surface area contributed by atoms with Crippen LogP contribution in [0.1, 0.15) is 29.3 Å². The SMILES string of the molecule is CCCn1c(-c2ccc(Cl)cc2Cl)nc2cc(C(=O)N/N=C/c3ccc(N(C)C)cc3)ccc21. The zero-order valence-electron chi connectivity index (χ0n) is 19.2. The molecule has 4 rings (SSSR count). The fourth-order valence-corrected chi connectivity index (χ4v) is 4.18. The minimum atomic E-state index is -0.306. The number of aryl methyl sites for hydroxylation is 1. The van der Waals surface area contributed by atoms with E-state index in [1.54, 1.807) is 30.5 Å². The molecule has 0 unspecified atom stereocenters. The van der Waals surface area contributed by atoms with Crippen LogP contribution < -0.4 is 10.3 Å². The highest BCUT2D eigenvalue weighted by atomic mass is 35.5. The number of fused-ring (bicyclic) bond motifs is 1. The van der Waals surface area contributed by atoms with Crippen LogP contribution in [-0.2, 0) is 6.54 Å². The third-order valence-electron chi connectivity index (χ3n) is 5.42. The highest BCUT2D eigenvalue weighted by molar-refractivity contribution is 6.36. The van der Waals surface area contributed by atoms with Gasteiger partial charge in [-0.15, -0.1) is 0 Å². The second kappa shape index (κ2) is 10.3. The maximum Gasteiger partial charge on any atom is 0.271 e. The summed E-state index contributed by atoms with van der Waals surface area (Å²) in [5, 5.41) is 5.20. The maximum absolute atomic E-state index is 12.7. The van der Waals surface area contributed by atoms with Crippen LogP contribution in [0.25, 0.3) is 22.4 Å². The molecule has 0 spiro atoms. The number of imidazole rings is 1. The highest BCUT2D eigenvalue weighted by Gasteiger charge is 2.16. The third kappa shape index (κ3) is 5.08. The molecule has 0 aliphatic rings. The molecule has 4 aromatic rings. The predicted molar refractivity (Wildman–Crippen MR) is 141 cm³/mol. The van der Waals surface area contributed by atoms with Crippen LogP contribution in [0.3, 0.4) is 0 Å². The first-order valence-electron chi connectivity index (χ1n) is 10.9. The topological polar surface area (TPSA) is 62.5 Å². The molecule has 1 N–H and O–H groups in total. The number of carbonyl (C=O) groups excluding carboxylic acids is 1. The van der Waals surface area contributed by atoms with Gasteiger partial charge in [-0.2, -0.15) is 5.10 Å². The molecular formula is C26H25Cl2N5O. The molecule has 0 atom stereocenters. The lowest BCUT2D eigenvalue weighted by atomic mass is 10.2. The fraction of sp³-hybridized carbons (Fsp3) is 0.192. The van der Waals surface area contributed by atoms with Gasteiger partial charge < -0.3 is 9.47 Å². The van der Waals surface area contributed by atoms with Crippen LogP contribution in [0.4, 0.5) is 5.69 Å². The summed E-state index contributed by atoms with van der Waals surface area (Å²) in [5.41, 5.74) is 7.50. The molecule has 174 valence electrons. The van der Waals surface area contributed by atoms with Crippen molar-refractivity contribution in [2.45, 2.75) is 19.9 Å². The molecule has 0 aliphatic heterocycles. The standard InChI is InChI=1S/C26H25Cl2N5O/c1-4-13-33-24-12-7-18(14-23(24)30-25(33)21-11-8-19(27)15-22(21)28)26(34)31-29-16-17-5-9-20(10-6-17)32(2)3/h5-12,14-16H,4,13H2,1-3H3,(H,31,34)/b29-16+. The molecule has 34 heavy (non-hydrogen) atoms. The Morgan fingerprint density at radius 3 is 2.53 bits per heavy atom. The van der Waals surface area contributed by atoms with E-state index in [0.717, 1.165) is 41.1 Å². The number of halogens is 2. The molecule has 8 heteroatoms. The largest absolute Gasteiger partial charge is 0.378 e. The Hall–Kier alpha value is -3.35. The third-order valence-corrected chi connectivity index (χ3v) is 5.97. The van der Waals surface area contributed by atoms with Gasteiger partial charge in [-0.1, -0.05) is 42.3 Å². The molecule has 0 bridgehead atoms. The molecule has 1 amide bonds. The van der Waals surface area contributed by atoms with Crippen LogP contribution >= 0.6 is 23.2 Å². The molecule has 0 radical (unpaired) electrons. The molecule has 0 saturated heterocycles. The number of benzene rings is 3. The van der Waals surface area contributed by atoms with Gasteiger partial charge in [-0.3, -0.25) is 4.79 Å². The van der Waals surface area contributed by atoms with Crippen LogP contribution in [0.15, 0.2) is 65.8 Å². The number of anilines is 1. The summed E-state index contributed by atoms with van der Waals surface area (Å²) in [4.78, 5) is 19.5. The smallest absolute Gasteiger partial charge is 0.271 e.